The molecule has 0 unspecified atom stereocenters. The summed E-state index contributed by atoms with van der Waals surface area (Å²) in [4.78, 5) is 8.80. The van der Waals surface area contributed by atoms with Crippen molar-refractivity contribution in [2.45, 2.75) is 54.4 Å². The van der Waals surface area contributed by atoms with Crippen molar-refractivity contribution in [2.75, 3.05) is 6.54 Å². The van der Waals surface area contributed by atoms with Crippen LogP contribution in [0.2, 0.25) is 0 Å². The molecule has 2 aliphatic rings. The minimum atomic E-state index is 0.592. The molecule has 7 heteroatoms. The van der Waals surface area contributed by atoms with Crippen LogP contribution in [0.1, 0.15) is 49.0 Å². The van der Waals surface area contributed by atoms with E-state index in [-0.39, 0.29) is 0 Å². The SMILES string of the molecule is NCCc1cnc(Sc2nnc(C3CC3)n2C2CC2)nc1. The van der Waals surface area contributed by atoms with Crippen LogP contribution in [-0.2, 0) is 6.42 Å². The molecule has 2 N–H and O–H groups in total. The molecule has 2 aromatic heterocycles. The Bertz CT molecular complexity index is 629. The van der Waals surface area contributed by atoms with Gasteiger partial charge in [-0.3, -0.25) is 0 Å². The second-order valence-corrected chi connectivity index (χ2v) is 6.67. The van der Waals surface area contributed by atoms with E-state index in [4.69, 9.17) is 5.73 Å². The molecule has 4 rings (SSSR count). The Labute approximate surface area is 127 Å². The van der Waals surface area contributed by atoms with Crippen LogP contribution in [0.25, 0.3) is 0 Å². The summed E-state index contributed by atoms with van der Waals surface area (Å²) in [6, 6.07) is 0.592. The molecule has 110 valence electrons. The Kier molecular flexibility index (Phi) is 3.39. The average Bonchev–Trinajstić information content (AvgIpc) is 3.41. The van der Waals surface area contributed by atoms with Crippen LogP contribution in [0.4, 0.5) is 0 Å². The molecule has 6 nitrogen and oxygen atoms in total. The summed E-state index contributed by atoms with van der Waals surface area (Å²) in [6.45, 7) is 0.622. The Morgan fingerprint density at radius 3 is 2.52 bits per heavy atom. The van der Waals surface area contributed by atoms with Crippen LogP contribution < -0.4 is 5.73 Å². The molecule has 2 fully saturated rings. The summed E-state index contributed by atoms with van der Waals surface area (Å²) in [5.41, 5.74) is 6.61. The van der Waals surface area contributed by atoms with Crippen molar-refractivity contribution in [3.05, 3.63) is 23.8 Å². The van der Waals surface area contributed by atoms with Crippen molar-refractivity contribution in [3.63, 3.8) is 0 Å². The van der Waals surface area contributed by atoms with E-state index in [1.54, 1.807) is 0 Å². The first-order valence-electron chi connectivity index (χ1n) is 7.49. The zero-order valence-electron chi connectivity index (χ0n) is 11.8. The predicted octanol–water partition coefficient (Wildman–Crippen LogP) is 1.93. The lowest BCUT2D eigenvalue weighted by atomic mass is 10.2. The van der Waals surface area contributed by atoms with Gasteiger partial charge in [-0.2, -0.15) is 0 Å². The summed E-state index contributed by atoms with van der Waals surface area (Å²) in [5, 5.41) is 10.4. The first-order chi connectivity index (χ1) is 10.3. The molecule has 0 atom stereocenters. The quantitative estimate of drug-likeness (QED) is 0.821. The van der Waals surface area contributed by atoms with Crippen molar-refractivity contribution in [3.8, 4) is 0 Å². The van der Waals surface area contributed by atoms with E-state index in [9.17, 15) is 0 Å². The highest BCUT2D eigenvalue weighted by atomic mass is 32.2. The lowest BCUT2D eigenvalue weighted by molar-refractivity contribution is 0.626. The van der Waals surface area contributed by atoms with Gasteiger partial charge in [0.1, 0.15) is 5.82 Å². The van der Waals surface area contributed by atoms with Gasteiger partial charge < -0.3 is 10.3 Å². The summed E-state index contributed by atoms with van der Waals surface area (Å²) in [6.07, 6.45) is 9.49. The van der Waals surface area contributed by atoms with Crippen molar-refractivity contribution in [1.82, 2.24) is 24.7 Å². The zero-order chi connectivity index (χ0) is 14.2. The van der Waals surface area contributed by atoms with Crippen molar-refractivity contribution in [2.24, 2.45) is 5.73 Å². The summed E-state index contributed by atoms with van der Waals surface area (Å²) in [5.74, 6) is 1.79. The van der Waals surface area contributed by atoms with E-state index in [2.05, 4.69) is 24.7 Å². The molecule has 2 saturated carbocycles. The van der Waals surface area contributed by atoms with E-state index in [1.807, 2.05) is 12.4 Å². The van der Waals surface area contributed by atoms with Gasteiger partial charge >= 0.3 is 0 Å². The van der Waals surface area contributed by atoms with E-state index in [0.29, 0.717) is 18.5 Å². The molecule has 2 aromatic rings. The number of hydrogen-bond acceptors (Lipinski definition) is 6. The lowest BCUT2D eigenvalue weighted by Crippen LogP contribution is -2.04. The maximum atomic E-state index is 5.54. The van der Waals surface area contributed by atoms with Gasteiger partial charge in [0, 0.05) is 24.4 Å². The van der Waals surface area contributed by atoms with Gasteiger partial charge in [-0.1, -0.05) is 0 Å². The Balaban J connectivity index is 1.56. The first-order valence-corrected chi connectivity index (χ1v) is 8.30. The summed E-state index contributed by atoms with van der Waals surface area (Å²) < 4.78 is 2.32. The maximum absolute atomic E-state index is 5.54. The number of nitrogens with zero attached hydrogens (tertiary/aromatic N) is 5. The number of rotatable bonds is 6. The molecule has 0 aromatic carbocycles. The Morgan fingerprint density at radius 2 is 1.90 bits per heavy atom. The fourth-order valence-corrected chi connectivity index (χ4v) is 3.22. The van der Waals surface area contributed by atoms with E-state index in [1.165, 1.54) is 43.3 Å². The van der Waals surface area contributed by atoms with E-state index >= 15 is 0 Å². The molecule has 0 radical (unpaired) electrons. The number of nitrogens with two attached hydrogens (primary N) is 1. The third-order valence-corrected chi connectivity index (χ3v) is 4.70. The lowest BCUT2D eigenvalue weighted by Gasteiger charge is -2.07. The molecule has 2 aliphatic carbocycles. The van der Waals surface area contributed by atoms with Crippen molar-refractivity contribution in [1.29, 1.82) is 0 Å². The smallest absolute Gasteiger partial charge is 0.199 e. The molecule has 0 spiro atoms. The molecular weight excluding hydrogens is 284 g/mol. The zero-order valence-corrected chi connectivity index (χ0v) is 12.6. The Morgan fingerprint density at radius 1 is 1.14 bits per heavy atom. The van der Waals surface area contributed by atoms with Gasteiger partial charge in [-0.05, 0) is 56.0 Å². The third-order valence-electron chi connectivity index (χ3n) is 3.84. The van der Waals surface area contributed by atoms with Crippen LogP contribution in [0, 0.1) is 0 Å². The fraction of sp³-hybridized carbons (Fsp3) is 0.571. The summed E-state index contributed by atoms with van der Waals surface area (Å²) >= 11 is 1.51. The van der Waals surface area contributed by atoms with Crippen LogP contribution >= 0.6 is 11.8 Å². The number of aromatic nitrogens is 5. The largest absolute Gasteiger partial charge is 0.330 e. The fourth-order valence-electron chi connectivity index (χ4n) is 2.43. The standard InChI is InChI=1S/C14H18N6S/c15-6-5-9-7-16-13(17-8-9)21-14-19-18-12(10-1-2-10)20(14)11-3-4-11/h7-8,10-11H,1-6,15H2. The molecule has 0 saturated heterocycles. The maximum Gasteiger partial charge on any atom is 0.199 e. The molecule has 0 aliphatic heterocycles. The van der Waals surface area contributed by atoms with Crippen LogP contribution in [-0.4, -0.2) is 31.3 Å². The van der Waals surface area contributed by atoms with Crippen LogP contribution in [0.3, 0.4) is 0 Å². The minimum absolute atomic E-state index is 0.592. The van der Waals surface area contributed by atoms with Crippen molar-refractivity contribution < 1.29 is 0 Å². The summed E-state index contributed by atoms with van der Waals surface area (Å²) in [7, 11) is 0. The van der Waals surface area contributed by atoms with Gasteiger partial charge in [0.15, 0.2) is 10.3 Å². The molecule has 0 amide bonds. The van der Waals surface area contributed by atoms with Crippen LogP contribution in [0.15, 0.2) is 22.7 Å². The molecule has 21 heavy (non-hydrogen) atoms. The highest BCUT2D eigenvalue weighted by Crippen LogP contribution is 2.46. The molecule has 0 bridgehead atoms. The normalized spacial score (nSPS) is 18.1. The molecular formula is C14H18N6S. The highest BCUT2D eigenvalue weighted by molar-refractivity contribution is 7.99. The van der Waals surface area contributed by atoms with E-state index in [0.717, 1.165) is 22.3 Å². The van der Waals surface area contributed by atoms with Gasteiger partial charge in [-0.25, -0.2) is 9.97 Å². The second-order valence-electron chi connectivity index (χ2n) is 5.73. The highest BCUT2D eigenvalue weighted by Gasteiger charge is 2.36. The van der Waals surface area contributed by atoms with Gasteiger partial charge in [0.05, 0.1) is 0 Å². The second kappa shape index (κ2) is 5.38. The van der Waals surface area contributed by atoms with Gasteiger partial charge in [-0.15, -0.1) is 10.2 Å². The van der Waals surface area contributed by atoms with Crippen LogP contribution in [0.5, 0.6) is 0 Å². The molecule has 2 heterocycles. The van der Waals surface area contributed by atoms with Crippen molar-refractivity contribution >= 4 is 11.8 Å². The average molecular weight is 302 g/mol. The monoisotopic (exact) mass is 302 g/mol. The van der Waals surface area contributed by atoms with E-state index < -0.39 is 0 Å². The third kappa shape index (κ3) is 2.80. The topological polar surface area (TPSA) is 82.5 Å². The first kappa shape index (κ1) is 13.2. The minimum Gasteiger partial charge on any atom is -0.330 e. The predicted molar refractivity (Wildman–Crippen MR) is 79.2 cm³/mol. The Hall–Kier alpha value is -1.47. The van der Waals surface area contributed by atoms with Gasteiger partial charge in [0.2, 0.25) is 0 Å². The van der Waals surface area contributed by atoms with Gasteiger partial charge in [0.25, 0.3) is 0 Å². The number of hydrogen-bond donors (Lipinski definition) is 1.